The van der Waals surface area contributed by atoms with Crippen LogP contribution in [-0.2, 0) is 7.05 Å². The van der Waals surface area contributed by atoms with Gasteiger partial charge in [0.15, 0.2) is 0 Å². The number of anilines is 3. The second kappa shape index (κ2) is 8.12. The van der Waals surface area contributed by atoms with Crippen LogP contribution in [0.25, 0.3) is 16.7 Å². The smallest absolute Gasteiger partial charge is 0.337 e. The van der Waals surface area contributed by atoms with Gasteiger partial charge in [-0.25, -0.2) is 9.36 Å². The summed E-state index contributed by atoms with van der Waals surface area (Å²) in [4.78, 5) is 40.0. The van der Waals surface area contributed by atoms with Crippen molar-refractivity contribution in [2.24, 2.45) is 7.05 Å². The van der Waals surface area contributed by atoms with E-state index >= 15 is 0 Å². The van der Waals surface area contributed by atoms with Crippen molar-refractivity contribution in [2.75, 3.05) is 17.2 Å². The van der Waals surface area contributed by atoms with E-state index in [0.717, 1.165) is 30.8 Å². The first-order valence-electron chi connectivity index (χ1n) is 11.1. The molecule has 0 saturated heterocycles. The topological polar surface area (TPSA) is 90.1 Å². The van der Waals surface area contributed by atoms with Gasteiger partial charge >= 0.3 is 5.69 Å². The number of hydrogen-bond acceptors (Lipinski definition) is 5. The van der Waals surface area contributed by atoms with Crippen LogP contribution in [0.5, 0.6) is 0 Å². The summed E-state index contributed by atoms with van der Waals surface area (Å²) in [7, 11) is 1.58. The van der Waals surface area contributed by atoms with Gasteiger partial charge in [0, 0.05) is 37.1 Å². The van der Waals surface area contributed by atoms with Crippen LogP contribution in [-0.4, -0.2) is 20.2 Å². The molecule has 0 atom stereocenters. The maximum atomic E-state index is 13.6. The largest absolute Gasteiger partial charge is 0.385 e. The molecule has 0 aliphatic heterocycles. The lowest BCUT2D eigenvalue weighted by atomic mass is 10.2. The molecule has 1 aliphatic rings. The number of hydrogen-bond donors (Lipinski definition) is 2. The molecular weight excluding hydrogens is 418 g/mol. The van der Waals surface area contributed by atoms with Gasteiger partial charge in [0.1, 0.15) is 11.0 Å². The molecule has 5 rings (SSSR count). The van der Waals surface area contributed by atoms with Gasteiger partial charge in [-0.2, -0.15) is 0 Å². The standard InChI is InChI=1S/C25H25N5O3/c1-3-26-16-9-11-17(12-10-16)27-20-15-21(31)28(2)23-22(20)24(32)30(19-13-14-19)25(33)29(23)18-7-5-4-6-8-18/h4-12,15,19,26-27H,3,13-14H2,1-2H3. The molecular formula is C25H25N5O3. The highest BCUT2D eigenvalue weighted by atomic mass is 16.2. The number of pyridine rings is 1. The van der Waals surface area contributed by atoms with Crippen LogP contribution in [0.2, 0.25) is 0 Å². The maximum absolute atomic E-state index is 13.6. The van der Waals surface area contributed by atoms with Gasteiger partial charge in [-0.3, -0.25) is 18.7 Å². The van der Waals surface area contributed by atoms with E-state index in [4.69, 9.17) is 0 Å². The third-order valence-electron chi connectivity index (χ3n) is 5.92. The molecule has 33 heavy (non-hydrogen) atoms. The number of para-hydroxylation sites is 1. The van der Waals surface area contributed by atoms with Crippen molar-refractivity contribution in [3.8, 4) is 5.69 Å². The van der Waals surface area contributed by atoms with E-state index in [0.29, 0.717) is 16.8 Å². The molecule has 0 spiro atoms. The van der Waals surface area contributed by atoms with E-state index < -0.39 is 5.69 Å². The molecule has 0 unspecified atom stereocenters. The first-order valence-corrected chi connectivity index (χ1v) is 11.1. The van der Waals surface area contributed by atoms with E-state index in [9.17, 15) is 14.4 Å². The van der Waals surface area contributed by atoms with Crippen LogP contribution >= 0.6 is 0 Å². The highest BCUT2D eigenvalue weighted by Crippen LogP contribution is 2.33. The fraction of sp³-hybridized carbons (Fsp3) is 0.240. The second-order valence-electron chi connectivity index (χ2n) is 8.25. The molecule has 0 radical (unpaired) electrons. The van der Waals surface area contributed by atoms with Crippen LogP contribution in [0.1, 0.15) is 25.8 Å². The van der Waals surface area contributed by atoms with Crippen molar-refractivity contribution in [1.82, 2.24) is 13.7 Å². The van der Waals surface area contributed by atoms with Crippen LogP contribution in [0.4, 0.5) is 17.1 Å². The van der Waals surface area contributed by atoms with Gasteiger partial charge < -0.3 is 10.6 Å². The molecule has 0 amide bonds. The summed E-state index contributed by atoms with van der Waals surface area (Å²) in [5.41, 5.74) is 1.84. The summed E-state index contributed by atoms with van der Waals surface area (Å²) >= 11 is 0. The Morgan fingerprint density at radius 2 is 1.61 bits per heavy atom. The molecule has 8 heteroatoms. The van der Waals surface area contributed by atoms with Crippen molar-refractivity contribution in [1.29, 1.82) is 0 Å². The zero-order chi connectivity index (χ0) is 23.1. The predicted octanol–water partition coefficient (Wildman–Crippen LogP) is 3.36. The fourth-order valence-corrected chi connectivity index (χ4v) is 4.16. The Morgan fingerprint density at radius 3 is 2.24 bits per heavy atom. The Labute approximate surface area is 189 Å². The van der Waals surface area contributed by atoms with E-state index in [2.05, 4.69) is 10.6 Å². The number of aromatic nitrogens is 3. The summed E-state index contributed by atoms with van der Waals surface area (Å²) in [5, 5.41) is 6.79. The van der Waals surface area contributed by atoms with Gasteiger partial charge in [-0.05, 0) is 56.2 Å². The molecule has 4 aromatic rings. The molecule has 8 nitrogen and oxygen atoms in total. The lowest BCUT2D eigenvalue weighted by Crippen LogP contribution is -2.41. The highest BCUT2D eigenvalue weighted by molar-refractivity contribution is 5.91. The third kappa shape index (κ3) is 3.63. The average molecular weight is 444 g/mol. The average Bonchev–Trinajstić information content (AvgIpc) is 3.64. The number of fused-ring (bicyclic) bond motifs is 1. The molecule has 0 bridgehead atoms. The molecule has 2 N–H and O–H groups in total. The van der Waals surface area contributed by atoms with E-state index in [1.54, 1.807) is 19.2 Å². The van der Waals surface area contributed by atoms with Gasteiger partial charge in [-0.15, -0.1) is 0 Å². The number of aryl methyl sites for hydroxylation is 1. The molecule has 2 heterocycles. The van der Waals surface area contributed by atoms with Crippen LogP contribution in [0, 0.1) is 0 Å². The fourth-order valence-electron chi connectivity index (χ4n) is 4.16. The predicted molar refractivity (Wildman–Crippen MR) is 131 cm³/mol. The first kappa shape index (κ1) is 20.8. The summed E-state index contributed by atoms with van der Waals surface area (Å²) in [5.74, 6) is 0. The van der Waals surface area contributed by atoms with Gasteiger partial charge in [-0.1, -0.05) is 18.2 Å². The normalized spacial score (nSPS) is 13.3. The van der Waals surface area contributed by atoms with E-state index in [-0.39, 0.29) is 22.8 Å². The SMILES string of the molecule is CCNc1ccc(Nc2cc(=O)n(C)c3c2c(=O)n(C2CC2)c(=O)n3-c2ccccc2)cc1. The Morgan fingerprint density at radius 1 is 0.939 bits per heavy atom. The maximum Gasteiger partial charge on any atom is 0.337 e. The van der Waals surface area contributed by atoms with Gasteiger partial charge in [0.25, 0.3) is 11.1 Å². The summed E-state index contributed by atoms with van der Waals surface area (Å²) < 4.78 is 4.16. The lowest BCUT2D eigenvalue weighted by molar-refractivity contribution is 0.637. The number of nitrogens with one attached hydrogen (secondary N) is 2. The Kier molecular flexibility index (Phi) is 5.12. The van der Waals surface area contributed by atoms with Crippen molar-refractivity contribution < 1.29 is 0 Å². The minimum Gasteiger partial charge on any atom is -0.385 e. The third-order valence-corrected chi connectivity index (χ3v) is 5.92. The Hall–Kier alpha value is -4.07. The zero-order valence-corrected chi connectivity index (χ0v) is 18.5. The Bertz CT molecular complexity index is 1510. The van der Waals surface area contributed by atoms with E-state index in [1.807, 2.05) is 49.4 Å². The number of benzene rings is 2. The van der Waals surface area contributed by atoms with Crippen molar-refractivity contribution in [2.45, 2.75) is 25.8 Å². The highest BCUT2D eigenvalue weighted by Gasteiger charge is 2.30. The first-order chi connectivity index (χ1) is 16.0. The van der Waals surface area contributed by atoms with E-state index in [1.165, 1.54) is 19.8 Å². The second-order valence-corrected chi connectivity index (χ2v) is 8.25. The van der Waals surface area contributed by atoms with Gasteiger partial charge in [0.05, 0.1) is 11.4 Å². The number of nitrogens with zero attached hydrogens (tertiary/aromatic N) is 3. The van der Waals surface area contributed by atoms with Gasteiger partial charge in [0.2, 0.25) is 0 Å². The summed E-state index contributed by atoms with van der Waals surface area (Å²) in [6.45, 7) is 2.83. The molecule has 1 aliphatic carbocycles. The molecule has 1 saturated carbocycles. The summed E-state index contributed by atoms with van der Waals surface area (Å²) in [6, 6.07) is 18.0. The minimum atomic E-state index is -0.427. The lowest BCUT2D eigenvalue weighted by Gasteiger charge is -2.18. The minimum absolute atomic E-state index is 0.117. The molecule has 1 fully saturated rings. The van der Waals surface area contributed by atoms with Crippen molar-refractivity contribution >= 4 is 28.1 Å². The van der Waals surface area contributed by atoms with Crippen molar-refractivity contribution in [3.05, 3.63) is 91.9 Å². The summed E-state index contributed by atoms with van der Waals surface area (Å²) in [6.07, 6.45) is 1.58. The van der Waals surface area contributed by atoms with Crippen LogP contribution in [0.3, 0.4) is 0 Å². The monoisotopic (exact) mass is 443 g/mol. The van der Waals surface area contributed by atoms with Crippen LogP contribution in [0.15, 0.2) is 75.0 Å². The molecule has 2 aromatic heterocycles. The molecule has 2 aromatic carbocycles. The Balaban J connectivity index is 1.80. The number of rotatable bonds is 6. The van der Waals surface area contributed by atoms with Crippen molar-refractivity contribution in [3.63, 3.8) is 0 Å². The van der Waals surface area contributed by atoms with Crippen LogP contribution < -0.4 is 27.4 Å². The quantitative estimate of drug-likeness (QED) is 0.477. The zero-order valence-electron chi connectivity index (χ0n) is 18.5. The molecule has 168 valence electrons.